The van der Waals surface area contributed by atoms with Crippen LogP contribution in [0.3, 0.4) is 0 Å². The molecular weight excluding hydrogens is 382 g/mol. The monoisotopic (exact) mass is 407 g/mol. The number of Topliss-reactive ketones (excluding diaryl/α,β-unsaturated/α-hetero) is 1. The summed E-state index contributed by atoms with van der Waals surface area (Å²) in [5, 5.41) is 0. The zero-order valence-corrected chi connectivity index (χ0v) is 17.6. The van der Waals surface area contributed by atoms with E-state index in [1.54, 1.807) is 11.3 Å². The molecule has 2 aromatic rings. The number of carbonyl (C=O) groups excluding carboxylic acids is 2. The fraction of sp³-hybridized carbons (Fsp3) is 0.375. The van der Waals surface area contributed by atoms with Crippen LogP contribution in [0, 0.1) is 12.8 Å². The molecule has 4 nitrogen and oxygen atoms in total. The predicted octanol–water partition coefficient (Wildman–Crippen LogP) is 5.02. The van der Waals surface area contributed by atoms with Crippen molar-refractivity contribution < 1.29 is 14.3 Å². The lowest BCUT2D eigenvalue weighted by Crippen LogP contribution is -2.37. The Kier molecular flexibility index (Phi) is 5.76. The van der Waals surface area contributed by atoms with Crippen LogP contribution in [-0.2, 0) is 20.7 Å². The summed E-state index contributed by atoms with van der Waals surface area (Å²) in [7, 11) is 0. The highest BCUT2D eigenvalue weighted by atomic mass is 32.1. The first-order valence-electron chi connectivity index (χ1n) is 10.1. The third-order valence-electron chi connectivity index (χ3n) is 5.63. The third kappa shape index (κ3) is 4.10. The zero-order chi connectivity index (χ0) is 20.4. The molecule has 1 aliphatic heterocycles. The van der Waals surface area contributed by atoms with Gasteiger partial charge in [-0.05, 0) is 44.4 Å². The van der Waals surface area contributed by atoms with Crippen molar-refractivity contribution in [2.24, 2.45) is 10.9 Å². The Bertz CT molecular complexity index is 987. The van der Waals surface area contributed by atoms with Gasteiger partial charge >= 0.3 is 5.97 Å². The molecule has 0 N–H and O–H groups in total. The average Bonchev–Trinajstić information content (AvgIpc) is 3.14. The van der Waals surface area contributed by atoms with Gasteiger partial charge in [0, 0.05) is 45.5 Å². The van der Waals surface area contributed by atoms with Crippen LogP contribution in [0.15, 0.2) is 58.7 Å². The SMILES string of the molecule is CC1=NC2=C(C(=O)CCC2)[C@@H](c2ccc(C)s2)[C@@H]1C(=O)OCCc1ccccc1. The molecule has 1 aromatic heterocycles. The number of benzene rings is 1. The van der Waals surface area contributed by atoms with E-state index in [-0.39, 0.29) is 17.7 Å². The second kappa shape index (κ2) is 8.46. The van der Waals surface area contributed by atoms with E-state index in [2.05, 4.69) is 4.99 Å². The number of rotatable bonds is 5. The van der Waals surface area contributed by atoms with E-state index in [1.807, 2.05) is 56.3 Å². The number of allylic oxidation sites excluding steroid dienone is 2. The zero-order valence-electron chi connectivity index (χ0n) is 16.8. The van der Waals surface area contributed by atoms with E-state index in [1.165, 1.54) is 4.88 Å². The van der Waals surface area contributed by atoms with E-state index in [0.29, 0.717) is 19.4 Å². The lowest BCUT2D eigenvalue weighted by atomic mass is 9.74. The molecule has 0 saturated carbocycles. The van der Waals surface area contributed by atoms with Crippen molar-refractivity contribution in [2.45, 2.75) is 45.4 Å². The van der Waals surface area contributed by atoms with Gasteiger partial charge < -0.3 is 4.74 Å². The summed E-state index contributed by atoms with van der Waals surface area (Å²) < 4.78 is 5.68. The minimum absolute atomic E-state index is 0.126. The Morgan fingerprint density at radius 2 is 1.93 bits per heavy atom. The maximum Gasteiger partial charge on any atom is 0.315 e. The first-order chi connectivity index (χ1) is 14.0. The van der Waals surface area contributed by atoms with Crippen LogP contribution in [0.1, 0.15) is 47.4 Å². The van der Waals surface area contributed by atoms with Gasteiger partial charge in [-0.15, -0.1) is 11.3 Å². The Morgan fingerprint density at radius 3 is 2.66 bits per heavy atom. The summed E-state index contributed by atoms with van der Waals surface area (Å²) in [6, 6.07) is 14.1. The quantitative estimate of drug-likeness (QED) is 0.654. The van der Waals surface area contributed by atoms with Gasteiger partial charge in [-0.2, -0.15) is 0 Å². The highest BCUT2D eigenvalue weighted by molar-refractivity contribution is 7.12. The van der Waals surface area contributed by atoms with Gasteiger partial charge in [0.05, 0.1) is 6.61 Å². The largest absolute Gasteiger partial charge is 0.465 e. The van der Waals surface area contributed by atoms with Crippen molar-refractivity contribution in [3.63, 3.8) is 0 Å². The van der Waals surface area contributed by atoms with E-state index in [0.717, 1.165) is 40.3 Å². The lowest BCUT2D eigenvalue weighted by molar-refractivity contribution is -0.146. The summed E-state index contributed by atoms with van der Waals surface area (Å²) in [5.74, 6) is -0.980. The highest BCUT2D eigenvalue weighted by Crippen LogP contribution is 2.45. The van der Waals surface area contributed by atoms with Crippen LogP contribution in [0.25, 0.3) is 0 Å². The highest BCUT2D eigenvalue weighted by Gasteiger charge is 2.43. The number of aryl methyl sites for hydroxylation is 1. The number of esters is 1. The van der Waals surface area contributed by atoms with E-state index >= 15 is 0 Å². The first kappa shape index (κ1) is 19.8. The van der Waals surface area contributed by atoms with Gasteiger partial charge in [0.15, 0.2) is 5.78 Å². The minimum atomic E-state index is -0.537. The van der Waals surface area contributed by atoms with Gasteiger partial charge in [-0.3, -0.25) is 14.6 Å². The molecule has 150 valence electrons. The van der Waals surface area contributed by atoms with Gasteiger partial charge in [-0.1, -0.05) is 30.3 Å². The molecule has 0 bridgehead atoms. The topological polar surface area (TPSA) is 55.7 Å². The van der Waals surface area contributed by atoms with Crippen molar-refractivity contribution in [3.8, 4) is 0 Å². The molecular formula is C24H25NO3S. The van der Waals surface area contributed by atoms with Crippen LogP contribution in [0.2, 0.25) is 0 Å². The maximum absolute atomic E-state index is 13.1. The second-order valence-electron chi connectivity index (χ2n) is 7.70. The standard InChI is InChI=1S/C24H25NO3S/c1-15-11-12-20(29-15)23-21(16(2)25-18-9-6-10-19(26)22(18)23)24(27)28-14-13-17-7-4-3-5-8-17/h3-5,7-8,11-12,21,23H,6,9-10,13-14H2,1-2H3/t21-,23+/m1/s1. The summed E-state index contributed by atoms with van der Waals surface area (Å²) in [5.41, 5.74) is 3.48. The Balaban J connectivity index is 1.60. The molecule has 29 heavy (non-hydrogen) atoms. The van der Waals surface area contributed by atoms with E-state index in [9.17, 15) is 9.59 Å². The molecule has 0 spiro atoms. The van der Waals surface area contributed by atoms with Gasteiger partial charge in [0.25, 0.3) is 0 Å². The predicted molar refractivity (Wildman–Crippen MR) is 115 cm³/mol. The van der Waals surface area contributed by atoms with Gasteiger partial charge in [-0.25, -0.2) is 0 Å². The van der Waals surface area contributed by atoms with E-state index in [4.69, 9.17) is 4.74 Å². The fourth-order valence-electron chi connectivity index (χ4n) is 4.24. The lowest BCUT2D eigenvalue weighted by Gasteiger charge is -2.33. The fourth-order valence-corrected chi connectivity index (χ4v) is 5.27. The summed E-state index contributed by atoms with van der Waals surface area (Å²) in [6.45, 7) is 4.26. The molecule has 1 aromatic carbocycles. The molecule has 0 amide bonds. The van der Waals surface area contributed by atoms with Gasteiger partial charge in [0.2, 0.25) is 0 Å². The molecule has 0 unspecified atom stereocenters. The van der Waals surface area contributed by atoms with Gasteiger partial charge in [0.1, 0.15) is 5.92 Å². The Hall–Kier alpha value is -2.53. The summed E-state index contributed by atoms with van der Waals surface area (Å²) in [4.78, 5) is 32.9. The number of ether oxygens (including phenoxy) is 1. The van der Waals surface area contributed by atoms with Crippen molar-refractivity contribution >= 4 is 28.8 Å². The van der Waals surface area contributed by atoms with E-state index < -0.39 is 5.92 Å². The van der Waals surface area contributed by atoms with Crippen molar-refractivity contribution in [1.82, 2.24) is 0 Å². The number of carbonyl (C=O) groups is 2. The van der Waals surface area contributed by atoms with Crippen LogP contribution in [0.5, 0.6) is 0 Å². The number of aliphatic imine (C=N–C) groups is 1. The van der Waals surface area contributed by atoms with Crippen molar-refractivity contribution in [2.75, 3.05) is 6.61 Å². The number of nitrogens with zero attached hydrogens (tertiary/aromatic N) is 1. The molecule has 4 rings (SSSR count). The summed E-state index contributed by atoms with van der Waals surface area (Å²) in [6.07, 6.45) is 2.83. The smallest absolute Gasteiger partial charge is 0.315 e. The average molecular weight is 408 g/mol. The maximum atomic E-state index is 13.1. The number of ketones is 1. The van der Waals surface area contributed by atoms with Crippen LogP contribution in [-0.4, -0.2) is 24.1 Å². The Morgan fingerprint density at radius 1 is 1.14 bits per heavy atom. The molecule has 0 saturated heterocycles. The van der Waals surface area contributed by atoms with Crippen molar-refractivity contribution in [1.29, 1.82) is 0 Å². The molecule has 2 aliphatic rings. The summed E-state index contributed by atoms with van der Waals surface area (Å²) >= 11 is 1.65. The molecule has 2 atom stereocenters. The van der Waals surface area contributed by atoms with Crippen molar-refractivity contribution in [3.05, 3.63) is 69.1 Å². The number of hydrogen-bond donors (Lipinski definition) is 0. The molecule has 0 radical (unpaired) electrons. The Labute approximate surface area is 175 Å². The molecule has 2 heterocycles. The second-order valence-corrected chi connectivity index (χ2v) is 9.02. The molecule has 5 heteroatoms. The normalized spacial score (nSPS) is 21.6. The number of thiophene rings is 1. The van der Waals surface area contributed by atoms with Crippen LogP contribution < -0.4 is 0 Å². The van der Waals surface area contributed by atoms with Crippen LogP contribution >= 0.6 is 11.3 Å². The molecule has 0 fully saturated rings. The van der Waals surface area contributed by atoms with Crippen LogP contribution in [0.4, 0.5) is 0 Å². The third-order valence-corrected chi connectivity index (χ3v) is 6.72. The first-order valence-corrected chi connectivity index (χ1v) is 10.9. The minimum Gasteiger partial charge on any atom is -0.465 e. The molecule has 1 aliphatic carbocycles. The number of hydrogen-bond acceptors (Lipinski definition) is 5.